The molecule has 6 nitrogen and oxygen atoms in total. The lowest BCUT2D eigenvalue weighted by atomic mass is 9.80. The second kappa shape index (κ2) is 7.09. The van der Waals surface area contributed by atoms with Crippen LogP contribution in [0, 0.1) is 11.8 Å². The van der Waals surface area contributed by atoms with E-state index in [1.165, 1.54) is 0 Å². The number of fused-ring (bicyclic) bond motifs is 1. The molecule has 2 heterocycles. The molecule has 6 heteroatoms. The van der Waals surface area contributed by atoms with Gasteiger partial charge in [0.15, 0.2) is 0 Å². The highest BCUT2D eigenvalue weighted by molar-refractivity contribution is 5.80. The topological polar surface area (TPSA) is 86.3 Å². The number of nitrogens with one attached hydrogen (secondary N) is 1. The molecule has 0 radical (unpaired) electrons. The summed E-state index contributed by atoms with van der Waals surface area (Å²) in [5.41, 5.74) is 2.05. The molecule has 1 aromatic heterocycles. The molecule has 138 valence electrons. The minimum atomic E-state index is -0.758. The number of amides is 1. The van der Waals surface area contributed by atoms with Gasteiger partial charge in [0.2, 0.25) is 5.91 Å². The van der Waals surface area contributed by atoms with Gasteiger partial charge in [-0.25, -0.2) is 4.98 Å². The van der Waals surface area contributed by atoms with Gasteiger partial charge in [-0.1, -0.05) is 18.6 Å². The molecule has 2 N–H and O–H groups in total. The number of hydrogen-bond donors (Lipinski definition) is 2. The molecule has 1 saturated carbocycles. The summed E-state index contributed by atoms with van der Waals surface area (Å²) in [7, 11) is 0. The Bertz CT molecular complexity index is 774. The van der Waals surface area contributed by atoms with Crippen LogP contribution in [0.15, 0.2) is 24.3 Å². The van der Waals surface area contributed by atoms with E-state index in [0.717, 1.165) is 55.6 Å². The zero-order valence-electron chi connectivity index (χ0n) is 14.9. The van der Waals surface area contributed by atoms with Gasteiger partial charge in [0.05, 0.1) is 17.0 Å². The Kier molecular flexibility index (Phi) is 4.66. The van der Waals surface area contributed by atoms with Crippen LogP contribution in [0.5, 0.6) is 0 Å². The van der Waals surface area contributed by atoms with Crippen LogP contribution in [-0.2, 0) is 9.59 Å². The summed E-state index contributed by atoms with van der Waals surface area (Å²) in [6.07, 6.45) is 4.67. The average Bonchev–Trinajstić information content (AvgIpc) is 3.12. The molecule has 2 atom stereocenters. The molecule has 1 saturated heterocycles. The number of carboxylic acid groups (broad SMARTS) is 1. The van der Waals surface area contributed by atoms with Gasteiger partial charge in [0.1, 0.15) is 5.82 Å². The number of carbonyl (C=O) groups excluding carboxylic acids is 1. The molecule has 0 bridgehead atoms. The molecule has 0 unspecified atom stereocenters. The maximum Gasteiger partial charge on any atom is 0.306 e. The van der Waals surface area contributed by atoms with E-state index < -0.39 is 5.97 Å². The molecule has 1 aliphatic carbocycles. The summed E-state index contributed by atoms with van der Waals surface area (Å²) < 4.78 is 0. The number of aliphatic carboxylic acids is 1. The second-order valence-corrected chi connectivity index (χ2v) is 7.64. The predicted octanol–water partition coefficient (Wildman–Crippen LogP) is 3.16. The number of imidazole rings is 1. The van der Waals surface area contributed by atoms with Gasteiger partial charge < -0.3 is 15.0 Å². The zero-order chi connectivity index (χ0) is 18.1. The van der Waals surface area contributed by atoms with Crippen LogP contribution in [0.4, 0.5) is 0 Å². The second-order valence-electron chi connectivity index (χ2n) is 7.64. The average molecular weight is 355 g/mol. The van der Waals surface area contributed by atoms with Gasteiger partial charge in [0, 0.05) is 24.9 Å². The zero-order valence-corrected chi connectivity index (χ0v) is 14.9. The number of carbonyl (C=O) groups is 2. The largest absolute Gasteiger partial charge is 0.481 e. The SMILES string of the molecule is O=C(O)[C@H]1CCC[C@@H](C(=O)N2CCC(c3nc4ccccc4[nH]3)CC2)C1. The quantitative estimate of drug-likeness (QED) is 0.885. The molecule has 2 aliphatic rings. The summed E-state index contributed by atoms with van der Waals surface area (Å²) in [6.45, 7) is 1.46. The Labute approximate surface area is 152 Å². The first kappa shape index (κ1) is 17.1. The van der Waals surface area contributed by atoms with Crippen molar-refractivity contribution in [1.82, 2.24) is 14.9 Å². The lowest BCUT2D eigenvalue weighted by molar-refractivity contribution is -0.145. The van der Waals surface area contributed by atoms with Crippen molar-refractivity contribution in [2.24, 2.45) is 11.8 Å². The fourth-order valence-electron chi connectivity index (χ4n) is 4.44. The summed E-state index contributed by atoms with van der Waals surface area (Å²) in [5, 5.41) is 9.23. The third kappa shape index (κ3) is 3.32. The van der Waals surface area contributed by atoms with E-state index in [1.54, 1.807) is 0 Å². The number of carboxylic acids is 1. The first-order valence-corrected chi connectivity index (χ1v) is 9.58. The normalized spacial score (nSPS) is 24.7. The summed E-state index contributed by atoms with van der Waals surface area (Å²) >= 11 is 0. The number of nitrogens with zero attached hydrogens (tertiary/aromatic N) is 2. The molecule has 2 fully saturated rings. The van der Waals surface area contributed by atoms with Crippen LogP contribution in [0.1, 0.15) is 50.3 Å². The van der Waals surface area contributed by atoms with E-state index in [9.17, 15) is 14.7 Å². The monoisotopic (exact) mass is 355 g/mol. The standard InChI is InChI=1S/C20H25N3O3/c24-19(14-4-3-5-15(12-14)20(25)26)23-10-8-13(9-11-23)18-21-16-6-1-2-7-17(16)22-18/h1-2,6-7,13-15H,3-5,8-12H2,(H,21,22)(H,25,26)/t14-,15+/m1/s1. The van der Waals surface area contributed by atoms with Crippen molar-refractivity contribution in [3.8, 4) is 0 Å². The van der Waals surface area contributed by atoms with Gasteiger partial charge in [-0.05, 0) is 44.2 Å². The number of likely N-dealkylation sites (tertiary alicyclic amines) is 1. The maximum absolute atomic E-state index is 12.8. The smallest absolute Gasteiger partial charge is 0.306 e. The first-order chi connectivity index (χ1) is 12.6. The Morgan fingerprint density at radius 2 is 1.81 bits per heavy atom. The van der Waals surface area contributed by atoms with Gasteiger partial charge in [-0.15, -0.1) is 0 Å². The minimum absolute atomic E-state index is 0.118. The summed E-state index contributed by atoms with van der Waals surface area (Å²) in [4.78, 5) is 34.1. The molecule has 1 aromatic carbocycles. The van der Waals surface area contributed by atoms with E-state index in [1.807, 2.05) is 29.2 Å². The van der Waals surface area contributed by atoms with Crippen molar-refractivity contribution in [3.05, 3.63) is 30.1 Å². The van der Waals surface area contributed by atoms with Gasteiger partial charge in [-0.3, -0.25) is 9.59 Å². The molecule has 2 aromatic rings. The molecule has 0 spiro atoms. The number of H-pyrrole nitrogens is 1. The highest BCUT2D eigenvalue weighted by Gasteiger charge is 2.35. The number of aromatic nitrogens is 2. The van der Waals surface area contributed by atoms with Crippen molar-refractivity contribution in [1.29, 1.82) is 0 Å². The van der Waals surface area contributed by atoms with Gasteiger partial charge in [0.25, 0.3) is 0 Å². The highest BCUT2D eigenvalue weighted by atomic mass is 16.4. The van der Waals surface area contributed by atoms with Crippen LogP contribution >= 0.6 is 0 Å². The van der Waals surface area contributed by atoms with E-state index >= 15 is 0 Å². The lowest BCUT2D eigenvalue weighted by Crippen LogP contribution is -2.43. The van der Waals surface area contributed by atoms with Crippen LogP contribution in [0.3, 0.4) is 0 Å². The maximum atomic E-state index is 12.8. The van der Waals surface area contributed by atoms with Gasteiger partial charge >= 0.3 is 5.97 Å². The Morgan fingerprint density at radius 3 is 2.54 bits per heavy atom. The highest BCUT2D eigenvalue weighted by Crippen LogP contribution is 2.33. The van der Waals surface area contributed by atoms with Crippen molar-refractivity contribution in [2.75, 3.05) is 13.1 Å². The number of rotatable bonds is 3. The van der Waals surface area contributed by atoms with Crippen LogP contribution in [-0.4, -0.2) is 44.9 Å². The minimum Gasteiger partial charge on any atom is -0.481 e. The third-order valence-corrected chi connectivity index (χ3v) is 5.97. The van der Waals surface area contributed by atoms with Crippen LogP contribution < -0.4 is 0 Å². The summed E-state index contributed by atoms with van der Waals surface area (Å²) in [5.74, 6) is 0.287. The van der Waals surface area contributed by atoms with Crippen molar-refractivity contribution >= 4 is 22.9 Å². The first-order valence-electron chi connectivity index (χ1n) is 9.58. The predicted molar refractivity (Wildman–Crippen MR) is 97.7 cm³/mol. The Morgan fingerprint density at radius 1 is 1.08 bits per heavy atom. The molecule has 1 aliphatic heterocycles. The van der Waals surface area contributed by atoms with Crippen LogP contribution in [0.2, 0.25) is 0 Å². The molecule has 26 heavy (non-hydrogen) atoms. The van der Waals surface area contributed by atoms with E-state index in [2.05, 4.69) is 4.98 Å². The van der Waals surface area contributed by atoms with Crippen molar-refractivity contribution in [2.45, 2.75) is 44.4 Å². The fourth-order valence-corrected chi connectivity index (χ4v) is 4.44. The third-order valence-electron chi connectivity index (χ3n) is 5.97. The Hall–Kier alpha value is -2.37. The van der Waals surface area contributed by atoms with E-state index in [4.69, 9.17) is 4.98 Å². The number of piperidine rings is 1. The molecule has 1 amide bonds. The lowest BCUT2D eigenvalue weighted by Gasteiger charge is -2.35. The number of aromatic amines is 1. The Balaban J connectivity index is 1.37. The van der Waals surface area contributed by atoms with Gasteiger partial charge in [-0.2, -0.15) is 0 Å². The van der Waals surface area contributed by atoms with Crippen molar-refractivity contribution in [3.63, 3.8) is 0 Å². The summed E-state index contributed by atoms with van der Waals surface area (Å²) in [6, 6.07) is 8.03. The molecule has 4 rings (SSSR count). The number of hydrogen-bond acceptors (Lipinski definition) is 3. The van der Waals surface area contributed by atoms with E-state index in [0.29, 0.717) is 18.8 Å². The van der Waals surface area contributed by atoms with Crippen LogP contribution in [0.25, 0.3) is 11.0 Å². The number of benzene rings is 1. The molecular weight excluding hydrogens is 330 g/mol. The fraction of sp³-hybridized carbons (Fsp3) is 0.550. The number of para-hydroxylation sites is 2. The van der Waals surface area contributed by atoms with E-state index in [-0.39, 0.29) is 17.7 Å². The van der Waals surface area contributed by atoms with Crippen molar-refractivity contribution < 1.29 is 14.7 Å². The molecular formula is C20H25N3O3.